The average Bonchev–Trinajstić information content (AvgIpc) is 3.04. The molecule has 0 aromatic heterocycles. The highest BCUT2D eigenvalue weighted by molar-refractivity contribution is 5.86. The van der Waals surface area contributed by atoms with Gasteiger partial charge < -0.3 is 24.6 Å². The summed E-state index contributed by atoms with van der Waals surface area (Å²) in [6.07, 6.45) is 0.431. The number of nitrogens with one attached hydrogen (secondary N) is 2. The van der Waals surface area contributed by atoms with E-state index in [1.54, 1.807) is 30.6 Å². The lowest BCUT2D eigenvalue weighted by Crippen LogP contribution is -2.56. The summed E-state index contributed by atoms with van der Waals surface area (Å²) in [4.78, 5) is 58.7. The topological polar surface area (TPSA) is 127 Å². The smallest absolute Gasteiger partial charge is 0.408 e. The van der Waals surface area contributed by atoms with E-state index in [-0.39, 0.29) is 30.6 Å². The van der Waals surface area contributed by atoms with Gasteiger partial charge in [-0.2, -0.15) is 0 Å². The van der Waals surface area contributed by atoms with Crippen molar-refractivity contribution in [3.05, 3.63) is 95.6 Å². The number of hydrogen-bond donors (Lipinski definition) is 2. The molecule has 11 heteroatoms. The molecular weight excluding hydrogens is 600 g/mol. The summed E-state index contributed by atoms with van der Waals surface area (Å²) in [6, 6.07) is 23.6. The van der Waals surface area contributed by atoms with Gasteiger partial charge in [0.05, 0.1) is 6.61 Å². The average molecular weight is 645 g/mol. The van der Waals surface area contributed by atoms with E-state index in [1.807, 2.05) is 78.9 Å². The highest BCUT2D eigenvalue weighted by Gasteiger charge is 2.31. The number of hydroxylamine groups is 1. The van der Waals surface area contributed by atoms with Crippen LogP contribution in [0, 0.1) is 0 Å². The number of carbonyl (C=O) groups excluding carboxylic acids is 4. The third kappa shape index (κ3) is 11.8. The van der Waals surface area contributed by atoms with E-state index in [2.05, 4.69) is 10.8 Å². The molecule has 3 aromatic carbocycles. The van der Waals surface area contributed by atoms with Crippen LogP contribution in [0.3, 0.4) is 0 Å². The zero-order valence-corrected chi connectivity index (χ0v) is 27.5. The van der Waals surface area contributed by atoms with Crippen LogP contribution >= 0.6 is 0 Å². The summed E-state index contributed by atoms with van der Waals surface area (Å²) in [6.45, 7) is 8.81. The highest BCUT2D eigenvalue weighted by atomic mass is 16.6. The first-order chi connectivity index (χ1) is 22.4. The van der Waals surface area contributed by atoms with Crippen molar-refractivity contribution in [3.8, 4) is 11.5 Å². The molecule has 4 amide bonds. The Balaban J connectivity index is 1.28. The van der Waals surface area contributed by atoms with Crippen molar-refractivity contribution in [1.29, 1.82) is 0 Å². The summed E-state index contributed by atoms with van der Waals surface area (Å²) >= 11 is 0. The number of amides is 4. The van der Waals surface area contributed by atoms with Gasteiger partial charge in [-0.25, -0.2) is 10.3 Å². The molecule has 1 fully saturated rings. The second kappa shape index (κ2) is 16.6. The van der Waals surface area contributed by atoms with E-state index in [9.17, 15) is 19.2 Å². The normalized spacial score (nSPS) is 13.8. The third-order valence-electron chi connectivity index (χ3n) is 7.46. The Morgan fingerprint density at radius 2 is 1.34 bits per heavy atom. The van der Waals surface area contributed by atoms with E-state index in [1.165, 1.54) is 6.92 Å². The highest BCUT2D eigenvalue weighted by Crippen LogP contribution is 2.23. The molecule has 250 valence electrons. The van der Waals surface area contributed by atoms with Gasteiger partial charge >= 0.3 is 6.09 Å². The number of rotatable bonds is 12. The molecule has 3 aromatic rings. The molecule has 1 saturated heterocycles. The number of carbonyl (C=O) groups is 4. The molecule has 2 N–H and O–H groups in total. The summed E-state index contributed by atoms with van der Waals surface area (Å²) in [5, 5.41) is 2.75. The van der Waals surface area contributed by atoms with E-state index >= 15 is 0 Å². The zero-order valence-electron chi connectivity index (χ0n) is 27.5. The molecule has 1 unspecified atom stereocenters. The standard InChI is InChI=1S/C36H44N4O7/c1-26(41)39-20-22-40(23-21-39)34(43)32(37-35(44)47-36(2,3)4)24-28-12-17-31(18-13-28)46-30-15-10-27(11-16-30)14-19-33(42)38-45-25-29-8-6-5-7-9-29/h5-13,15-18,32H,14,19-25H2,1-4H3,(H,37,44)(H,38,42). The van der Waals surface area contributed by atoms with Crippen LogP contribution in [0.1, 0.15) is 50.8 Å². The van der Waals surface area contributed by atoms with Gasteiger partial charge in [-0.1, -0.05) is 54.6 Å². The zero-order chi connectivity index (χ0) is 33.8. The summed E-state index contributed by atoms with van der Waals surface area (Å²) in [5.41, 5.74) is 4.56. The molecule has 4 rings (SSSR count). The molecule has 0 saturated carbocycles. The van der Waals surface area contributed by atoms with Gasteiger partial charge in [0.1, 0.15) is 23.1 Å². The molecule has 1 aliphatic heterocycles. The first-order valence-corrected chi connectivity index (χ1v) is 15.8. The quantitative estimate of drug-likeness (QED) is 0.272. The molecule has 47 heavy (non-hydrogen) atoms. The second-order valence-corrected chi connectivity index (χ2v) is 12.4. The number of alkyl carbamates (subject to hydrolysis) is 1. The molecule has 0 spiro atoms. The van der Waals surface area contributed by atoms with Crippen LogP contribution in [-0.2, 0) is 43.4 Å². The number of hydrogen-bond acceptors (Lipinski definition) is 7. The summed E-state index contributed by atoms with van der Waals surface area (Å²) < 4.78 is 11.4. The van der Waals surface area contributed by atoms with Crippen LogP contribution in [0.15, 0.2) is 78.9 Å². The Morgan fingerprint density at radius 3 is 1.91 bits per heavy atom. The fraction of sp³-hybridized carbons (Fsp3) is 0.389. The molecular formula is C36H44N4O7. The van der Waals surface area contributed by atoms with Gasteiger partial charge in [0.25, 0.3) is 0 Å². The van der Waals surface area contributed by atoms with Crippen molar-refractivity contribution < 1.29 is 33.5 Å². The molecule has 0 bridgehead atoms. The first kappa shape index (κ1) is 35.0. The number of benzene rings is 3. The van der Waals surface area contributed by atoms with Gasteiger partial charge in [0, 0.05) is 45.9 Å². The SMILES string of the molecule is CC(=O)N1CCN(C(=O)C(Cc2ccc(Oc3ccc(CCC(=O)NOCc4ccccc4)cc3)cc2)NC(=O)OC(C)(C)C)CC1. The number of ether oxygens (including phenoxy) is 2. The Bertz CT molecular complexity index is 1480. The fourth-order valence-electron chi connectivity index (χ4n) is 4.98. The summed E-state index contributed by atoms with van der Waals surface area (Å²) in [5.74, 6) is 0.809. The molecule has 1 heterocycles. The first-order valence-electron chi connectivity index (χ1n) is 15.8. The van der Waals surface area contributed by atoms with Crippen LogP contribution < -0.4 is 15.5 Å². The minimum absolute atomic E-state index is 0.0240. The number of aryl methyl sites for hydroxylation is 1. The fourth-order valence-corrected chi connectivity index (χ4v) is 4.98. The number of piperazine rings is 1. The second-order valence-electron chi connectivity index (χ2n) is 12.4. The van der Waals surface area contributed by atoms with Crippen molar-refractivity contribution in [2.24, 2.45) is 0 Å². The maximum absolute atomic E-state index is 13.5. The lowest BCUT2D eigenvalue weighted by atomic mass is 10.0. The van der Waals surface area contributed by atoms with E-state index in [0.717, 1.165) is 16.7 Å². The van der Waals surface area contributed by atoms with Crippen LogP contribution in [0.25, 0.3) is 0 Å². The van der Waals surface area contributed by atoms with Crippen LogP contribution in [-0.4, -0.2) is 71.4 Å². The van der Waals surface area contributed by atoms with Crippen molar-refractivity contribution >= 4 is 23.8 Å². The lowest BCUT2D eigenvalue weighted by molar-refractivity contribution is -0.139. The summed E-state index contributed by atoms with van der Waals surface area (Å²) in [7, 11) is 0. The molecule has 1 atom stereocenters. The van der Waals surface area contributed by atoms with Gasteiger partial charge in [-0.3, -0.25) is 19.2 Å². The Hall–Kier alpha value is -4.90. The molecule has 0 radical (unpaired) electrons. The maximum atomic E-state index is 13.5. The minimum Gasteiger partial charge on any atom is -0.457 e. The largest absolute Gasteiger partial charge is 0.457 e. The van der Waals surface area contributed by atoms with E-state index in [0.29, 0.717) is 50.7 Å². The predicted molar refractivity (Wildman–Crippen MR) is 176 cm³/mol. The molecule has 0 aliphatic carbocycles. The Morgan fingerprint density at radius 1 is 0.766 bits per heavy atom. The van der Waals surface area contributed by atoms with Gasteiger partial charge in [-0.15, -0.1) is 0 Å². The Kier molecular flexibility index (Phi) is 12.3. The maximum Gasteiger partial charge on any atom is 0.408 e. The monoisotopic (exact) mass is 644 g/mol. The lowest BCUT2D eigenvalue weighted by Gasteiger charge is -2.36. The minimum atomic E-state index is -0.842. The predicted octanol–water partition coefficient (Wildman–Crippen LogP) is 4.79. The van der Waals surface area contributed by atoms with Gasteiger partial charge in [0.2, 0.25) is 17.7 Å². The van der Waals surface area contributed by atoms with Crippen molar-refractivity contribution in [1.82, 2.24) is 20.6 Å². The van der Waals surface area contributed by atoms with Crippen LogP contribution in [0.2, 0.25) is 0 Å². The van der Waals surface area contributed by atoms with E-state index in [4.69, 9.17) is 14.3 Å². The van der Waals surface area contributed by atoms with Crippen molar-refractivity contribution in [2.45, 2.75) is 65.2 Å². The van der Waals surface area contributed by atoms with Crippen molar-refractivity contribution in [2.75, 3.05) is 26.2 Å². The Labute approximate surface area is 276 Å². The third-order valence-corrected chi connectivity index (χ3v) is 7.46. The molecule has 1 aliphatic rings. The van der Waals surface area contributed by atoms with Gasteiger partial charge in [0.15, 0.2) is 0 Å². The van der Waals surface area contributed by atoms with Crippen LogP contribution in [0.5, 0.6) is 11.5 Å². The van der Waals surface area contributed by atoms with Crippen molar-refractivity contribution in [3.63, 3.8) is 0 Å². The van der Waals surface area contributed by atoms with Crippen LogP contribution in [0.4, 0.5) is 4.79 Å². The molecule has 11 nitrogen and oxygen atoms in total. The van der Waals surface area contributed by atoms with E-state index < -0.39 is 17.7 Å². The van der Waals surface area contributed by atoms with Gasteiger partial charge in [-0.05, 0) is 68.1 Å². The number of nitrogens with zero attached hydrogens (tertiary/aromatic N) is 2.